The van der Waals surface area contributed by atoms with E-state index >= 15 is 0 Å². The molecule has 2 unspecified atom stereocenters. The van der Waals surface area contributed by atoms with Gasteiger partial charge in [0.25, 0.3) is 0 Å². The number of nitrogens with two attached hydrogens (primary N) is 1. The normalized spacial score (nSPS) is 20.8. The fourth-order valence-corrected chi connectivity index (χ4v) is 2.93. The minimum atomic E-state index is -0.193. The number of morpholine rings is 1. The van der Waals surface area contributed by atoms with Crippen LogP contribution in [0.25, 0.3) is 0 Å². The van der Waals surface area contributed by atoms with Gasteiger partial charge in [0.1, 0.15) is 5.69 Å². The van der Waals surface area contributed by atoms with Crippen LogP contribution in [0.1, 0.15) is 32.0 Å². The third kappa shape index (κ3) is 3.16. The van der Waals surface area contributed by atoms with Gasteiger partial charge in [-0.1, -0.05) is 6.92 Å². The van der Waals surface area contributed by atoms with Gasteiger partial charge in [-0.25, -0.2) is 10.4 Å². The standard InChI is InChI=1S/C14H25N5O2/c1-4-14(2,19-7-9-21-10-8-19)12(18-15)11-13(20-3)17-6-5-16-11/h5-6,12,18H,4,7-10,15H2,1-3H3. The van der Waals surface area contributed by atoms with Crippen LogP contribution in [-0.2, 0) is 4.74 Å². The van der Waals surface area contributed by atoms with Crippen molar-refractivity contribution in [2.75, 3.05) is 33.4 Å². The maximum Gasteiger partial charge on any atom is 0.237 e. The molecule has 2 atom stereocenters. The third-order valence-electron chi connectivity index (χ3n) is 4.40. The first kappa shape index (κ1) is 16.1. The molecule has 1 aliphatic heterocycles. The Bertz CT molecular complexity index is 453. The molecule has 7 nitrogen and oxygen atoms in total. The maximum absolute atomic E-state index is 5.87. The zero-order chi connectivity index (χ0) is 15.3. The minimum Gasteiger partial charge on any atom is -0.480 e. The number of nitrogens with one attached hydrogen (secondary N) is 1. The quantitative estimate of drug-likeness (QED) is 0.583. The molecule has 0 bridgehead atoms. The Labute approximate surface area is 125 Å². The monoisotopic (exact) mass is 295 g/mol. The molecule has 0 aromatic carbocycles. The zero-order valence-electron chi connectivity index (χ0n) is 13.0. The molecule has 0 amide bonds. The van der Waals surface area contributed by atoms with E-state index in [4.69, 9.17) is 15.3 Å². The van der Waals surface area contributed by atoms with Crippen LogP contribution in [0.3, 0.4) is 0 Å². The van der Waals surface area contributed by atoms with Crippen molar-refractivity contribution in [1.29, 1.82) is 0 Å². The number of aromatic nitrogens is 2. The van der Waals surface area contributed by atoms with E-state index in [1.165, 1.54) is 0 Å². The van der Waals surface area contributed by atoms with Crippen LogP contribution in [0.2, 0.25) is 0 Å². The van der Waals surface area contributed by atoms with Crippen LogP contribution in [-0.4, -0.2) is 53.8 Å². The first-order valence-electron chi connectivity index (χ1n) is 7.31. The van der Waals surface area contributed by atoms with E-state index in [-0.39, 0.29) is 11.6 Å². The van der Waals surface area contributed by atoms with Gasteiger partial charge in [0.2, 0.25) is 5.88 Å². The van der Waals surface area contributed by atoms with Crippen molar-refractivity contribution in [3.8, 4) is 5.88 Å². The molecule has 3 N–H and O–H groups in total. The lowest BCUT2D eigenvalue weighted by atomic mass is 9.85. The lowest BCUT2D eigenvalue weighted by molar-refractivity contribution is -0.0338. The maximum atomic E-state index is 5.87. The Morgan fingerprint density at radius 2 is 2.10 bits per heavy atom. The Morgan fingerprint density at radius 3 is 2.67 bits per heavy atom. The molecule has 0 radical (unpaired) electrons. The summed E-state index contributed by atoms with van der Waals surface area (Å²) in [4.78, 5) is 11.1. The number of rotatable bonds is 6. The molecule has 1 aromatic rings. The van der Waals surface area contributed by atoms with Crippen LogP contribution in [0.4, 0.5) is 0 Å². The van der Waals surface area contributed by atoms with Crippen molar-refractivity contribution >= 4 is 0 Å². The first-order chi connectivity index (χ1) is 10.2. The first-order valence-corrected chi connectivity index (χ1v) is 7.31. The Balaban J connectivity index is 2.36. The second-order valence-electron chi connectivity index (χ2n) is 5.36. The lowest BCUT2D eigenvalue weighted by Gasteiger charge is -2.47. The minimum absolute atomic E-state index is 0.177. The fourth-order valence-electron chi connectivity index (χ4n) is 2.93. The van der Waals surface area contributed by atoms with Crippen molar-refractivity contribution in [3.63, 3.8) is 0 Å². The molecule has 2 heterocycles. The van der Waals surface area contributed by atoms with E-state index in [0.717, 1.165) is 38.4 Å². The van der Waals surface area contributed by atoms with Crippen molar-refractivity contribution in [2.24, 2.45) is 5.84 Å². The summed E-state index contributed by atoms with van der Waals surface area (Å²) in [6, 6.07) is -0.177. The molecule has 118 valence electrons. The average Bonchev–Trinajstić information content (AvgIpc) is 2.56. The predicted molar refractivity (Wildman–Crippen MR) is 79.7 cm³/mol. The summed E-state index contributed by atoms with van der Waals surface area (Å²) in [7, 11) is 1.60. The smallest absolute Gasteiger partial charge is 0.237 e. The molecular weight excluding hydrogens is 270 g/mol. The highest BCUT2D eigenvalue weighted by molar-refractivity contribution is 5.25. The molecule has 1 aliphatic rings. The molecule has 21 heavy (non-hydrogen) atoms. The fraction of sp³-hybridized carbons (Fsp3) is 0.714. The number of ether oxygens (including phenoxy) is 2. The number of hydrogen-bond acceptors (Lipinski definition) is 7. The van der Waals surface area contributed by atoms with Crippen molar-refractivity contribution in [3.05, 3.63) is 18.1 Å². The van der Waals surface area contributed by atoms with Gasteiger partial charge in [-0.15, -0.1) is 0 Å². The third-order valence-corrected chi connectivity index (χ3v) is 4.40. The Hall–Kier alpha value is -1.28. The SMILES string of the molecule is CCC(C)(C(NN)c1nccnc1OC)N1CCOCC1. The number of hydrazine groups is 1. The molecule has 1 saturated heterocycles. The molecule has 7 heteroatoms. The van der Waals surface area contributed by atoms with Crippen LogP contribution in [0.5, 0.6) is 5.88 Å². The van der Waals surface area contributed by atoms with Gasteiger partial charge in [-0.2, -0.15) is 0 Å². The summed E-state index contributed by atoms with van der Waals surface area (Å²) in [5.41, 5.74) is 3.46. The summed E-state index contributed by atoms with van der Waals surface area (Å²) in [5.74, 6) is 6.37. The molecule has 1 aromatic heterocycles. The van der Waals surface area contributed by atoms with Crippen molar-refractivity contribution in [1.82, 2.24) is 20.3 Å². The van der Waals surface area contributed by atoms with E-state index in [9.17, 15) is 0 Å². The van der Waals surface area contributed by atoms with E-state index in [1.807, 2.05) is 0 Å². The van der Waals surface area contributed by atoms with Gasteiger partial charge < -0.3 is 9.47 Å². The highest BCUT2D eigenvalue weighted by atomic mass is 16.5. The van der Waals surface area contributed by atoms with E-state index < -0.39 is 0 Å². The summed E-state index contributed by atoms with van der Waals surface area (Å²) < 4.78 is 10.8. The predicted octanol–water partition coefficient (Wildman–Crippen LogP) is 0.491. The molecular formula is C14H25N5O2. The van der Waals surface area contributed by atoms with Crippen molar-refractivity contribution < 1.29 is 9.47 Å². The highest BCUT2D eigenvalue weighted by Gasteiger charge is 2.41. The van der Waals surface area contributed by atoms with E-state index in [1.54, 1.807) is 19.5 Å². The molecule has 0 aliphatic carbocycles. The van der Waals surface area contributed by atoms with Gasteiger partial charge in [-0.05, 0) is 13.3 Å². The zero-order valence-corrected chi connectivity index (χ0v) is 13.0. The van der Waals surface area contributed by atoms with Crippen LogP contribution >= 0.6 is 0 Å². The second-order valence-corrected chi connectivity index (χ2v) is 5.36. The molecule has 0 spiro atoms. The lowest BCUT2D eigenvalue weighted by Crippen LogP contribution is -2.59. The Kier molecular flexibility index (Phi) is 5.46. The van der Waals surface area contributed by atoms with Gasteiger partial charge in [0.05, 0.1) is 26.4 Å². The van der Waals surface area contributed by atoms with Crippen molar-refractivity contribution in [2.45, 2.75) is 31.8 Å². The largest absolute Gasteiger partial charge is 0.480 e. The van der Waals surface area contributed by atoms with Gasteiger partial charge in [0.15, 0.2) is 0 Å². The molecule has 2 rings (SSSR count). The van der Waals surface area contributed by atoms with Crippen LogP contribution in [0, 0.1) is 0 Å². The number of methoxy groups -OCH3 is 1. The molecule has 0 saturated carbocycles. The summed E-state index contributed by atoms with van der Waals surface area (Å²) in [6.07, 6.45) is 4.20. The summed E-state index contributed by atoms with van der Waals surface area (Å²) in [6.45, 7) is 7.59. The summed E-state index contributed by atoms with van der Waals surface area (Å²) >= 11 is 0. The average molecular weight is 295 g/mol. The number of hydrogen-bond donors (Lipinski definition) is 2. The Morgan fingerprint density at radius 1 is 1.43 bits per heavy atom. The second kappa shape index (κ2) is 7.13. The van der Waals surface area contributed by atoms with Gasteiger partial charge in [0, 0.05) is 31.0 Å². The van der Waals surface area contributed by atoms with E-state index in [2.05, 4.69) is 34.1 Å². The van der Waals surface area contributed by atoms with Gasteiger partial charge >= 0.3 is 0 Å². The molecule has 1 fully saturated rings. The van der Waals surface area contributed by atoms with Crippen LogP contribution in [0.15, 0.2) is 12.4 Å². The van der Waals surface area contributed by atoms with E-state index in [0.29, 0.717) is 5.88 Å². The number of nitrogens with zero attached hydrogens (tertiary/aromatic N) is 3. The van der Waals surface area contributed by atoms with Crippen LogP contribution < -0.4 is 16.0 Å². The topological polar surface area (TPSA) is 85.5 Å². The van der Waals surface area contributed by atoms with Gasteiger partial charge in [-0.3, -0.25) is 15.7 Å². The highest BCUT2D eigenvalue weighted by Crippen LogP contribution is 2.36. The summed E-state index contributed by atoms with van der Waals surface area (Å²) in [5, 5.41) is 0.